The van der Waals surface area contributed by atoms with Gasteiger partial charge in [0.2, 0.25) is 9.84 Å². The summed E-state index contributed by atoms with van der Waals surface area (Å²) in [5.74, 6) is -0.596. The minimum atomic E-state index is -3.83. The van der Waals surface area contributed by atoms with Gasteiger partial charge in [0.15, 0.2) is 4.91 Å². The van der Waals surface area contributed by atoms with Crippen LogP contribution in [0, 0.1) is 0 Å². The van der Waals surface area contributed by atoms with Crippen LogP contribution >= 0.6 is 0 Å². The fraction of sp³-hybridized carbons (Fsp3) is 0.200. The Labute approximate surface area is 127 Å². The summed E-state index contributed by atoms with van der Waals surface area (Å²) in [6, 6.07) is 8.42. The molecule has 1 aromatic heterocycles. The molecule has 0 N–H and O–H groups in total. The molecule has 0 bridgehead atoms. The van der Waals surface area contributed by atoms with Crippen molar-refractivity contribution in [2.75, 3.05) is 11.4 Å². The number of rotatable bonds is 1. The molecule has 4 rings (SSSR count). The summed E-state index contributed by atoms with van der Waals surface area (Å²) < 4.78 is 26.9. The normalized spacial score (nSPS) is 19.0. The number of benzene rings is 1. The van der Waals surface area contributed by atoms with Crippen molar-refractivity contribution in [2.45, 2.75) is 17.7 Å². The van der Waals surface area contributed by atoms with Gasteiger partial charge in [0.05, 0.1) is 10.6 Å². The lowest BCUT2D eigenvalue weighted by atomic mass is 10.2. The van der Waals surface area contributed by atoms with Gasteiger partial charge in [-0.3, -0.25) is 4.79 Å². The zero-order chi connectivity index (χ0) is 15.3. The molecule has 0 amide bonds. The van der Waals surface area contributed by atoms with E-state index in [-0.39, 0.29) is 9.80 Å². The summed E-state index contributed by atoms with van der Waals surface area (Å²) in [6.45, 7) is 0.720. The summed E-state index contributed by atoms with van der Waals surface area (Å²) in [5, 5.41) is 3.88. The van der Waals surface area contributed by atoms with E-state index in [0.717, 1.165) is 17.6 Å². The van der Waals surface area contributed by atoms with Crippen molar-refractivity contribution in [3.8, 4) is 0 Å². The smallest absolute Gasteiger partial charge is 0.291 e. The molecule has 0 aliphatic carbocycles. The third kappa shape index (κ3) is 1.69. The van der Waals surface area contributed by atoms with E-state index >= 15 is 0 Å². The number of anilines is 1. The van der Waals surface area contributed by atoms with Crippen LogP contribution in [-0.4, -0.2) is 30.7 Å². The molecule has 2 aliphatic rings. The second kappa shape index (κ2) is 4.54. The monoisotopic (exact) mass is 315 g/mol. The summed E-state index contributed by atoms with van der Waals surface area (Å²) in [4.78, 5) is 14.6. The van der Waals surface area contributed by atoms with E-state index in [0.29, 0.717) is 17.8 Å². The van der Waals surface area contributed by atoms with E-state index in [2.05, 4.69) is 5.10 Å². The average molecular weight is 315 g/mol. The van der Waals surface area contributed by atoms with Crippen molar-refractivity contribution in [2.24, 2.45) is 0 Å². The van der Waals surface area contributed by atoms with E-state index < -0.39 is 15.7 Å². The largest absolute Gasteiger partial charge is 0.343 e. The van der Waals surface area contributed by atoms with Crippen LogP contribution in [0.3, 0.4) is 0 Å². The zero-order valence-corrected chi connectivity index (χ0v) is 12.5. The van der Waals surface area contributed by atoms with Crippen LogP contribution in [0.2, 0.25) is 0 Å². The fourth-order valence-corrected chi connectivity index (χ4v) is 4.86. The number of fused-ring (bicyclic) bond motifs is 3. The first kappa shape index (κ1) is 13.3. The number of allylic oxidation sites excluding steroid dienone is 2. The van der Waals surface area contributed by atoms with Gasteiger partial charge in [-0.1, -0.05) is 12.1 Å². The van der Waals surface area contributed by atoms with Gasteiger partial charge in [-0.15, -0.1) is 0 Å². The molecule has 0 unspecified atom stereocenters. The van der Waals surface area contributed by atoms with E-state index in [4.69, 9.17) is 0 Å². The fourth-order valence-electron chi connectivity index (χ4n) is 3.08. The minimum absolute atomic E-state index is 0.146. The molecule has 1 saturated heterocycles. The number of hydrogen-bond donors (Lipinski definition) is 0. The molecule has 1 fully saturated rings. The maximum Gasteiger partial charge on any atom is 0.291 e. The quantitative estimate of drug-likeness (QED) is 0.802. The van der Waals surface area contributed by atoms with Gasteiger partial charge in [0.25, 0.3) is 5.91 Å². The number of carbonyl (C=O) groups excluding carboxylic acids is 1. The third-order valence-electron chi connectivity index (χ3n) is 4.00. The van der Waals surface area contributed by atoms with Crippen molar-refractivity contribution < 1.29 is 13.2 Å². The van der Waals surface area contributed by atoms with Gasteiger partial charge < -0.3 is 4.90 Å². The lowest BCUT2D eigenvalue weighted by molar-refractivity contribution is 0.0947. The summed E-state index contributed by atoms with van der Waals surface area (Å²) in [7, 11) is -3.83. The molecule has 0 spiro atoms. The number of nitrogens with zero attached hydrogens (tertiary/aromatic N) is 3. The first-order valence-electron chi connectivity index (χ1n) is 7.00. The average Bonchev–Trinajstić information content (AvgIpc) is 3.18. The highest BCUT2D eigenvalue weighted by molar-refractivity contribution is 7.96. The number of sulfone groups is 1. The van der Waals surface area contributed by atoms with Crippen LogP contribution in [0.4, 0.5) is 5.69 Å². The van der Waals surface area contributed by atoms with E-state index in [1.807, 2.05) is 11.0 Å². The molecule has 0 saturated carbocycles. The number of para-hydroxylation sites is 1. The Hall–Kier alpha value is -2.41. The minimum Gasteiger partial charge on any atom is -0.343 e. The van der Waals surface area contributed by atoms with Crippen molar-refractivity contribution in [3.63, 3.8) is 0 Å². The second-order valence-corrected chi connectivity index (χ2v) is 7.11. The van der Waals surface area contributed by atoms with E-state index in [1.165, 1.54) is 12.4 Å². The van der Waals surface area contributed by atoms with Gasteiger partial charge in [-0.25, -0.2) is 13.1 Å². The highest BCUT2D eigenvalue weighted by Gasteiger charge is 2.42. The Morgan fingerprint density at radius 2 is 2.00 bits per heavy atom. The Bertz CT molecular complexity index is 898. The molecule has 3 heterocycles. The predicted molar refractivity (Wildman–Crippen MR) is 80.1 cm³/mol. The highest BCUT2D eigenvalue weighted by Crippen LogP contribution is 2.43. The Balaban J connectivity index is 1.99. The molecule has 22 heavy (non-hydrogen) atoms. The Kier molecular flexibility index (Phi) is 2.74. The van der Waals surface area contributed by atoms with Gasteiger partial charge >= 0.3 is 0 Å². The molecule has 1 aromatic carbocycles. The van der Waals surface area contributed by atoms with Gasteiger partial charge in [-0.2, -0.15) is 5.10 Å². The summed E-state index contributed by atoms with van der Waals surface area (Å²) >= 11 is 0. The highest BCUT2D eigenvalue weighted by atomic mass is 32.2. The van der Waals surface area contributed by atoms with Gasteiger partial charge in [-0.05, 0) is 31.0 Å². The molecule has 6 nitrogen and oxygen atoms in total. The number of aromatic nitrogens is 2. The Morgan fingerprint density at radius 3 is 2.77 bits per heavy atom. The predicted octanol–water partition coefficient (Wildman–Crippen LogP) is 1.82. The molecular weight excluding hydrogens is 302 g/mol. The van der Waals surface area contributed by atoms with Crippen LogP contribution in [-0.2, 0) is 9.84 Å². The van der Waals surface area contributed by atoms with Crippen LogP contribution in [0.25, 0.3) is 0 Å². The molecular formula is C15H13N3O3S. The van der Waals surface area contributed by atoms with Crippen molar-refractivity contribution in [3.05, 3.63) is 53.3 Å². The topological polar surface area (TPSA) is 72.3 Å². The third-order valence-corrected chi connectivity index (χ3v) is 5.88. The van der Waals surface area contributed by atoms with Crippen molar-refractivity contribution in [1.29, 1.82) is 0 Å². The van der Waals surface area contributed by atoms with Crippen LogP contribution < -0.4 is 4.90 Å². The van der Waals surface area contributed by atoms with Crippen molar-refractivity contribution >= 4 is 21.4 Å². The van der Waals surface area contributed by atoms with Crippen LogP contribution in [0.5, 0.6) is 0 Å². The van der Waals surface area contributed by atoms with Crippen LogP contribution in [0.15, 0.2) is 58.2 Å². The second-order valence-electron chi connectivity index (χ2n) is 5.26. The Morgan fingerprint density at radius 1 is 1.18 bits per heavy atom. The maximum atomic E-state index is 12.9. The van der Waals surface area contributed by atoms with E-state index in [9.17, 15) is 13.2 Å². The number of hydrogen-bond acceptors (Lipinski definition) is 5. The van der Waals surface area contributed by atoms with Crippen molar-refractivity contribution in [1.82, 2.24) is 9.78 Å². The molecule has 2 aromatic rings. The maximum absolute atomic E-state index is 12.9. The summed E-state index contributed by atoms with van der Waals surface area (Å²) in [5.41, 5.74) is 1.24. The summed E-state index contributed by atoms with van der Waals surface area (Å²) in [6.07, 6.45) is 4.33. The van der Waals surface area contributed by atoms with Gasteiger partial charge in [0, 0.05) is 24.6 Å². The lowest BCUT2D eigenvalue weighted by Crippen LogP contribution is -2.32. The van der Waals surface area contributed by atoms with E-state index in [1.54, 1.807) is 24.3 Å². The zero-order valence-electron chi connectivity index (χ0n) is 11.6. The molecule has 2 aliphatic heterocycles. The molecule has 7 heteroatoms. The molecule has 0 radical (unpaired) electrons. The van der Waals surface area contributed by atoms with Crippen LogP contribution in [0.1, 0.15) is 17.6 Å². The lowest BCUT2D eigenvalue weighted by Gasteiger charge is -2.29. The van der Waals surface area contributed by atoms with Gasteiger partial charge in [0.1, 0.15) is 0 Å². The SMILES string of the molecule is O=C(C1=C2CCCN2c2ccccc2S1(=O)=O)n1cccn1. The molecule has 0 atom stereocenters. The number of carbonyl (C=O) groups is 1. The standard InChI is InChI=1S/C15H13N3O3S/c19-15(18-10-4-8-16-18)14-12-6-3-9-17(12)11-5-1-2-7-13(11)22(14,20)21/h1-2,4-5,7-8,10H,3,6,9H2. The first-order chi connectivity index (χ1) is 10.6. The molecule has 112 valence electrons. The first-order valence-corrected chi connectivity index (χ1v) is 8.48.